The molecular weight excluding hydrogens is 346 g/mol. The molecule has 1 heterocycles. The van der Waals surface area contributed by atoms with E-state index in [2.05, 4.69) is 9.73 Å². The largest absolute Gasteiger partial charge is 0.469 e. The van der Waals surface area contributed by atoms with Crippen molar-refractivity contribution in [2.75, 3.05) is 7.11 Å². The molecule has 2 aromatic rings. The summed E-state index contributed by atoms with van der Waals surface area (Å²) in [5.74, 6) is -0.692. The predicted octanol–water partition coefficient (Wildman–Crippen LogP) is 2.65. The van der Waals surface area contributed by atoms with Crippen molar-refractivity contribution < 1.29 is 19.2 Å². The molecule has 8 nitrogen and oxygen atoms in total. The lowest BCUT2D eigenvalue weighted by Crippen LogP contribution is -2.24. The van der Waals surface area contributed by atoms with Gasteiger partial charge in [-0.05, 0) is 6.07 Å². The maximum Gasteiger partial charge on any atom is 0.307 e. The van der Waals surface area contributed by atoms with Crippen molar-refractivity contribution in [3.8, 4) is 0 Å². The number of benzene rings is 1. The summed E-state index contributed by atoms with van der Waals surface area (Å²) in [5.41, 5.74) is -0.00922. The van der Waals surface area contributed by atoms with Crippen molar-refractivity contribution in [2.24, 2.45) is 10.4 Å². The van der Waals surface area contributed by atoms with Gasteiger partial charge in [0.15, 0.2) is 4.80 Å². The van der Waals surface area contributed by atoms with E-state index in [-0.39, 0.29) is 30.5 Å². The number of aromatic nitrogens is 1. The van der Waals surface area contributed by atoms with Gasteiger partial charge >= 0.3 is 5.97 Å². The van der Waals surface area contributed by atoms with Crippen LogP contribution in [0.5, 0.6) is 0 Å². The molecule has 0 aliphatic heterocycles. The fourth-order valence-corrected chi connectivity index (χ4v) is 3.12. The summed E-state index contributed by atoms with van der Waals surface area (Å²) in [6.07, 6.45) is 0.107. The number of aryl methyl sites for hydroxylation is 1. The number of nitrogens with zero attached hydrogens (tertiary/aromatic N) is 3. The average Bonchev–Trinajstić information content (AvgIpc) is 2.87. The minimum atomic E-state index is -0.650. The number of methoxy groups -OCH3 is 1. The van der Waals surface area contributed by atoms with Crippen molar-refractivity contribution in [1.82, 2.24) is 4.57 Å². The summed E-state index contributed by atoms with van der Waals surface area (Å²) < 4.78 is 6.99. The zero-order valence-electron chi connectivity index (χ0n) is 14.4. The third-order valence-corrected chi connectivity index (χ3v) is 4.52. The van der Waals surface area contributed by atoms with Gasteiger partial charge < -0.3 is 9.30 Å². The van der Waals surface area contributed by atoms with E-state index < -0.39 is 10.3 Å². The van der Waals surface area contributed by atoms with Crippen LogP contribution < -0.4 is 4.80 Å². The summed E-state index contributed by atoms with van der Waals surface area (Å²) >= 11 is 1.18. The number of thiazole rings is 1. The summed E-state index contributed by atoms with van der Waals surface area (Å²) in [6, 6.07) is 4.43. The molecule has 0 aliphatic rings. The molecule has 0 bridgehead atoms. The lowest BCUT2D eigenvalue weighted by Gasteiger charge is -2.12. The number of hydrogen-bond acceptors (Lipinski definition) is 6. The summed E-state index contributed by atoms with van der Waals surface area (Å²) in [5, 5.41) is 11.0. The van der Waals surface area contributed by atoms with E-state index in [4.69, 9.17) is 0 Å². The van der Waals surface area contributed by atoms with Crippen molar-refractivity contribution in [2.45, 2.75) is 33.7 Å². The number of amides is 1. The summed E-state index contributed by atoms with van der Waals surface area (Å²) in [7, 11) is 1.30. The van der Waals surface area contributed by atoms with Gasteiger partial charge in [-0.15, -0.1) is 0 Å². The van der Waals surface area contributed by atoms with E-state index in [1.807, 2.05) is 0 Å². The average molecular weight is 365 g/mol. The Morgan fingerprint density at radius 1 is 1.36 bits per heavy atom. The number of esters is 1. The van der Waals surface area contributed by atoms with Crippen LogP contribution in [0.25, 0.3) is 10.2 Å². The van der Waals surface area contributed by atoms with Crippen molar-refractivity contribution in [3.63, 3.8) is 0 Å². The highest BCUT2D eigenvalue weighted by molar-refractivity contribution is 7.16. The first-order valence-corrected chi connectivity index (χ1v) is 8.39. The van der Waals surface area contributed by atoms with E-state index in [0.717, 1.165) is 0 Å². The fraction of sp³-hybridized carbons (Fsp3) is 0.438. The van der Waals surface area contributed by atoms with Gasteiger partial charge in [0.1, 0.15) is 0 Å². The lowest BCUT2D eigenvalue weighted by atomic mass is 9.96. The Labute approximate surface area is 147 Å². The molecule has 134 valence electrons. The zero-order chi connectivity index (χ0) is 18.8. The van der Waals surface area contributed by atoms with Crippen LogP contribution in [0.1, 0.15) is 27.2 Å². The molecule has 1 aromatic heterocycles. The van der Waals surface area contributed by atoms with Gasteiger partial charge in [0.2, 0.25) is 0 Å². The molecule has 0 unspecified atom stereocenters. The van der Waals surface area contributed by atoms with Gasteiger partial charge in [-0.1, -0.05) is 32.1 Å². The SMILES string of the molecule is COC(=O)CCn1c(=NC(=O)C(C)(C)C)sc2cc([N+](=O)[O-])ccc21. The Balaban J connectivity index is 2.60. The molecule has 0 aliphatic carbocycles. The third-order valence-electron chi connectivity index (χ3n) is 3.48. The second-order valence-electron chi connectivity index (χ2n) is 6.44. The van der Waals surface area contributed by atoms with Crippen LogP contribution in [0.4, 0.5) is 5.69 Å². The van der Waals surface area contributed by atoms with Crippen LogP contribution in [-0.4, -0.2) is 28.5 Å². The first kappa shape index (κ1) is 18.8. The number of hydrogen-bond donors (Lipinski definition) is 0. The number of fused-ring (bicyclic) bond motifs is 1. The number of nitro benzene ring substituents is 1. The van der Waals surface area contributed by atoms with Crippen LogP contribution in [0.2, 0.25) is 0 Å². The number of nitro groups is 1. The normalized spacial score (nSPS) is 12.4. The first-order valence-electron chi connectivity index (χ1n) is 7.57. The fourth-order valence-electron chi connectivity index (χ4n) is 2.04. The number of rotatable bonds is 4. The monoisotopic (exact) mass is 365 g/mol. The van der Waals surface area contributed by atoms with E-state index in [9.17, 15) is 19.7 Å². The van der Waals surface area contributed by atoms with Gasteiger partial charge in [0.05, 0.1) is 28.7 Å². The summed E-state index contributed by atoms with van der Waals surface area (Å²) in [4.78, 5) is 38.8. The maximum atomic E-state index is 12.3. The molecule has 0 atom stereocenters. The molecule has 2 rings (SSSR count). The topological polar surface area (TPSA) is 104 Å². The van der Waals surface area contributed by atoms with Gasteiger partial charge in [0.25, 0.3) is 11.6 Å². The molecule has 0 saturated carbocycles. The van der Waals surface area contributed by atoms with Crippen molar-refractivity contribution >= 4 is 39.1 Å². The minimum Gasteiger partial charge on any atom is -0.469 e. The Hall–Kier alpha value is -2.55. The number of non-ortho nitro benzene ring substituents is 1. The quantitative estimate of drug-likeness (QED) is 0.471. The Morgan fingerprint density at radius 2 is 2.04 bits per heavy atom. The predicted molar refractivity (Wildman–Crippen MR) is 93.1 cm³/mol. The molecule has 1 aromatic carbocycles. The maximum absolute atomic E-state index is 12.3. The van der Waals surface area contributed by atoms with E-state index in [1.54, 1.807) is 31.4 Å². The second-order valence-corrected chi connectivity index (χ2v) is 7.45. The number of ether oxygens (including phenoxy) is 1. The first-order chi connectivity index (χ1) is 11.6. The van der Waals surface area contributed by atoms with E-state index >= 15 is 0 Å². The Bertz CT molecular complexity index is 905. The van der Waals surface area contributed by atoms with Crippen LogP contribution >= 0.6 is 11.3 Å². The van der Waals surface area contributed by atoms with Crippen molar-refractivity contribution in [3.05, 3.63) is 33.1 Å². The molecule has 0 saturated heterocycles. The molecule has 1 amide bonds. The van der Waals surface area contributed by atoms with E-state index in [0.29, 0.717) is 15.0 Å². The molecule has 0 N–H and O–H groups in total. The van der Waals surface area contributed by atoms with Gasteiger partial charge in [-0.3, -0.25) is 19.7 Å². The molecule has 25 heavy (non-hydrogen) atoms. The molecule has 0 spiro atoms. The van der Waals surface area contributed by atoms with E-state index in [1.165, 1.54) is 30.6 Å². The highest BCUT2D eigenvalue weighted by Gasteiger charge is 2.21. The molecule has 9 heteroatoms. The van der Waals surface area contributed by atoms with Gasteiger partial charge in [-0.2, -0.15) is 4.99 Å². The highest BCUT2D eigenvalue weighted by Crippen LogP contribution is 2.24. The number of carbonyl (C=O) groups is 2. The smallest absolute Gasteiger partial charge is 0.307 e. The second kappa shape index (κ2) is 7.14. The van der Waals surface area contributed by atoms with Crippen LogP contribution in [-0.2, 0) is 20.9 Å². The lowest BCUT2D eigenvalue weighted by molar-refractivity contribution is -0.384. The minimum absolute atomic E-state index is 0.0393. The number of carbonyl (C=O) groups excluding carboxylic acids is 2. The summed E-state index contributed by atoms with van der Waals surface area (Å²) in [6.45, 7) is 5.54. The Morgan fingerprint density at radius 3 is 2.60 bits per heavy atom. The van der Waals surface area contributed by atoms with Crippen LogP contribution in [0, 0.1) is 15.5 Å². The Kier molecular flexibility index (Phi) is 5.36. The molecule has 0 fully saturated rings. The zero-order valence-corrected chi connectivity index (χ0v) is 15.3. The third kappa shape index (κ3) is 4.30. The van der Waals surface area contributed by atoms with Crippen LogP contribution in [0.3, 0.4) is 0 Å². The standard InChI is InChI=1S/C16H19N3O5S/c1-16(2,3)14(21)17-15-18(8-7-13(20)24-4)11-6-5-10(19(22)23)9-12(11)25-15/h5-6,9H,7-8H2,1-4H3. The highest BCUT2D eigenvalue weighted by atomic mass is 32.1. The van der Waals surface area contributed by atoms with Gasteiger partial charge in [0, 0.05) is 24.1 Å². The molecular formula is C16H19N3O5S. The van der Waals surface area contributed by atoms with Crippen molar-refractivity contribution in [1.29, 1.82) is 0 Å². The molecule has 0 radical (unpaired) electrons. The van der Waals surface area contributed by atoms with Crippen LogP contribution in [0.15, 0.2) is 23.2 Å². The van der Waals surface area contributed by atoms with Gasteiger partial charge in [-0.25, -0.2) is 0 Å².